The van der Waals surface area contributed by atoms with Gasteiger partial charge in [-0.15, -0.1) is 0 Å². The van der Waals surface area contributed by atoms with Gasteiger partial charge < -0.3 is 10.3 Å². The summed E-state index contributed by atoms with van der Waals surface area (Å²) in [6.07, 6.45) is 3.62. The minimum atomic E-state index is 0.301. The summed E-state index contributed by atoms with van der Waals surface area (Å²) in [5.41, 5.74) is 10.4. The summed E-state index contributed by atoms with van der Waals surface area (Å²) in [6.45, 7) is 6.39. The zero-order valence-corrected chi connectivity index (χ0v) is 11.9. The third-order valence-corrected chi connectivity index (χ3v) is 3.66. The fraction of sp³-hybridized carbons (Fsp3) is 0.429. The first-order chi connectivity index (χ1) is 8.52. The van der Waals surface area contributed by atoms with E-state index in [1.807, 2.05) is 6.33 Å². The molecule has 1 aromatic heterocycles. The lowest BCUT2D eigenvalue weighted by Crippen LogP contribution is -2.17. The standard InChI is InChI=1S/C14H19N3S/c1-4-11(7-14(15)18)17-8-16-12-5-9(2)10(3)6-13(12)17/h5-6,8,11H,4,7H2,1-3H3,(H2,15,18). The molecule has 1 unspecified atom stereocenters. The molecule has 3 nitrogen and oxygen atoms in total. The lowest BCUT2D eigenvalue weighted by molar-refractivity contribution is 0.516. The van der Waals surface area contributed by atoms with E-state index in [4.69, 9.17) is 18.0 Å². The van der Waals surface area contributed by atoms with E-state index >= 15 is 0 Å². The van der Waals surface area contributed by atoms with Gasteiger partial charge in [-0.25, -0.2) is 4.98 Å². The minimum Gasteiger partial charge on any atom is -0.393 e. The number of fused-ring (bicyclic) bond motifs is 1. The first-order valence-electron chi connectivity index (χ1n) is 6.25. The number of hydrogen-bond acceptors (Lipinski definition) is 2. The number of imidazole rings is 1. The second-order valence-corrected chi connectivity index (χ2v) is 5.33. The average Bonchev–Trinajstić information content (AvgIpc) is 2.69. The molecule has 1 heterocycles. The van der Waals surface area contributed by atoms with Gasteiger partial charge in [-0.05, 0) is 43.5 Å². The van der Waals surface area contributed by atoms with Crippen molar-refractivity contribution in [1.29, 1.82) is 0 Å². The highest BCUT2D eigenvalue weighted by Gasteiger charge is 2.14. The van der Waals surface area contributed by atoms with Gasteiger partial charge in [-0.3, -0.25) is 0 Å². The third kappa shape index (κ3) is 2.38. The maximum Gasteiger partial charge on any atom is 0.0961 e. The van der Waals surface area contributed by atoms with Crippen molar-refractivity contribution in [2.75, 3.05) is 0 Å². The van der Waals surface area contributed by atoms with Gasteiger partial charge in [0.05, 0.1) is 22.3 Å². The van der Waals surface area contributed by atoms with Crippen molar-refractivity contribution in [3.8, 4) is 0 Å². The monoisotopic (exact) mass is 261 g/mol. The van der Waals surface area contributed by atoms with E-state index in [0.717, 1.165) is 18.4 Å². The topological polar surface area (TPSA) is 43.8 Å². The Hall–Kier alpha value is -1.42. The van der Waals surface area contributed by atoms with Crippen LogP contribution in [0.15, 0.2) is 18.5 Å². The third-order valence-electron chi connectivity index (χ3n) is 3.49. The number of nitrogens with zero attached hydrogens (tertiary/aromatic N) is 2. The van der Waals surface area contributed by atoms with Crippen molar-refractivity contribution in [2.45, 2.75) is 39.7 Å². The molecule has 2 aromatic rings. The molecule has 0 radical (unpaired) electrons. The first-order valence-corrected chi connectivity index (χ1v) is 6.65. The van der Waals surface area contributed by atoms with Crippen molar-refractivity contribution in [3.05, 3.63) is 29.6 Å². The molecule has 0 aliphatic heterocycles. The summed E-state index contributed by atoms with van der Waals surface area (Å²) in [5.74, 6) is 0. The summed E-state index contributed by atoms with van der Waals surface area (Å²) in [5, 5.41) is 0. The van der Waals surface area contributed by atoms with E-state index in [0.29, 0.717) is 11.0 Å². The minimum absolute atomic E-state index is 0.301. The van der Waals surface area contributed by atoms with Crippen LogP contribution in [0.3, 0.4) is 0 Å². The van der Waals surface area contributed by atoms with Gasteiger partial charge in [0.1, 0.15) is 0 Å². The quantitative estimate of drug-likeness (QED) is 0.859. The van der Waals surface area contributed by atoms with Crippen LogP contribution in [-0.4, -0.2) is 14.5 Å². The molecular formula is C14H19N3S. The number of thiocarbonyl (C=S) groups is 1. The summed E-state index contributed by atoms with van der Waals surface area (Å²) in [4.78, 5) is 5.04. The van der Waals surface area contributed by atoms with Gasteiger partial charge in [0.2, 0.25) is 0 Å². The van der Waals surface area contributed by atoms with E-state index in [-0.39, 0.29) is 0 Å². The number of aryl methyl sites for hydroxylation is 2. The van der Waals surface area contributed by atoms with Crippen LogP contribution in [-0.2, 0) is 0 Å². The Kier molecular flexibility index (Phi) is 3.66. The molecular weight excluding hydrogens is 242 g/mol. The van der Waals surface area contributed by atoms with Crippen LogP contribution in [0.1, 0.15) is 36.9 Å². The fourth-order valence-corrected chi connectivity index (χ4v) is 2.44. The summed E-state index contributed by atoms with van der Waals surface area (Å²) < 4.78 is 2.20. The van der Waals surface area contributed by atoms with Gasteiger partial charge in [-0.2, -0.15) is 0 Å². The average molecular weight is 261 g/mol. The Labute approximate surface area is 113 Å². The van der Waals surface area contributed by atoms with Gasteiger partial charge in [0.25, 0.3) is 0 Å². The number of nitrogens with two attached hydrogens (primary N) is 1. The molecule has 4 heteroatoms. The summed E-state index contributed by atoms with van der Waals surface area (Å²) >= 11 is 5.03. The van der Waals surface area contributed by atoms with Crippen LogP contribution in [0.25, 0.3) is 11.0 Å². The van der Waals surface area contributed by atoms with E-state index in [2.05, 4.69) is 42.5 Å². The van der Waals surface area contributed by atoms with Crippen LogP contribution in [0, 0.1) is 13.8 Å². The maximum atomic E-state index is 5.67. The fourth-order valence-electron chi connectivity index (χ4n) is 2.25. The SMILES string of the molecule is CCC(CC(N)=S)n1cnc2cc(C)c(C)cc21. The lowest BCUT2D eigenvalue weighted by atomic mass is 10.1. The first kappa shape index (κ1) is 13.0. The Balaban J connectivity index is 2.50. The highest BCUT2D eigenvalue weighted by atomic mass is 32.1. The molecule has 2 N–H and O–H groups in total. The molecule has 1 aromatic carbocycles. The van der Waals surface area contributed by atoms with Crippen LogP contribution < -0.4 is 5.73 Å². The predicted molar refractivity (Wildman–Crippen MR) is 79.9 cm³/mol. The molecule has 18 heavy (non-hydrogen) atoms. The van der Waals surface area contributed by atoms with E-state index in [1.54, 1.807) is 0 Å². The van der Waals surface area contributed by atoms with Crippen molar-refractivity contribution in [1.82, 2.24) is 9.55 Å². The Morgan fingerprint density at radius 1 is 1.39 bits per heavy atom. The van der Waals surface area contributed by atoms with Gasteiger partial charge in [0, 0.05) is 12.5 Å². The van der Waals surface area contributed by atoms with Crippen LogP contribution in [0.2, 0.25) is 0 Å². The summed E-state index contributed by atoms with van der Waals surface area (Å²) in [7, 11) is 0. The van der Waals surface area contributed by atoms with Crippen LogP contribution in [0.4, 0.5) is 0 Å². The molecule has 0 saturated heterocycles. The number of benzene rings is 1. The number of aromatic nitrogens is 2. The normalized spacial score (nSPS) is 12.8. The van der Waals surface area contributed by atoms with Crippen LogP contribution >= 0.6 is 12.2 Å². The zero-order valence-electron chi connectivity index (χ0n) is 11.1. The lowest BCUT2D eigenvalue weighted by Gasteiger charge is -2.17. The molecule has 0 fully saturated rings. The second kappa shape index (κ2) is 5.06. The predicted octanol–water partition coefficient (Wildman–Crippen LogP) is 3.28. The summed E-state index contributed by atoms with van der Waals surface area (Å²) in [6, 6.07) is 4.63. The number of hydrogen-bond donors (Lipinski definition) is 1. The van der Waals surface area contributed by atoms with Crippen molar-refractivity contribution in [2.24, 2.45) is 5.73 Å². The Morgan fingerprint density at radius 2 is 2.06 bits per heavy atom. The van der Waals surface area contributed by atoms with E-state index in [1.165, 1.54) is 16.6 Å². The van der Waals surface area contributed by atoms with Crippen molar-refractivity contribution >= 4 is 28.2 Å². The molecule has 0 bridgehead atoms. The molecule has 0 aliphatic carbocycles. The molecule has 96 valence electrons. The van der Waals surface area contributed by atoms with E-state index < -0.39 is 0 Å². The van der Waals surface area contributed by atoms with E-state index in [9.17, 15) is 0 Å². The zero-order chi connectivity index (χ0) is 13.3. The maximum absolute atomic E-state index is 5.67. The molecule has 2 rings (SSSR count). The smallest absolute Gasteiger partial charge is 0.0961 e. The molecule has 0 amide bonds. The molecule has 0 spiro atoms. The highest BCUT2D eigenvalue weighted by molar-refractivity contribution is 7.80. The Morgan fingerprint density at radius 3 is 2.67 bits per heavy atom. The van der Waals surface area contributed by atoms with Gasteiger partial charge in [-0.1, -0.05) is 19.1 Å². The van der Waals surface area contributed by atoms with Crippen molar-refractivity contribution < 1.29 is 0 Å². The Bertz CT molecular complexity index is 586. The van der Waals surface area contributed by atoms with Crippen molar-refractivity contribution in [3.63, 3.8) is 0 Å². The van der Waals surface area contributed by atoms with Crippen LogP contribution in [0.5, 0.6) is 0 Å². The number of rotatable bonds is 4. The molecule has 1 atom stereocenters. The second-order valence-electron chi connectivity index (χ2n) is 4.81. The largest absolute Gasteiger partial charge is 0.393 e. The van der Waals surface area contributed by atoms with Gasteiger partial charge >= 0.3 is 0 Å². The van der Waals surface area contributed by atoms with Gasteiger partial charge in [0.15, 0.2) is 0 Å². The molecule has 0 saturated carbocycles. The molecule has 0 aliphatic rings. The highest BCUT2D eigenvalue weighted by Crippen LogP contribution is 2.24.